The maximum Gasteiger partial charge on any atom is 0.261 e. The summed E-state index contributed by atoms with van der Waals surface area (Å²) in [5, 5.41) is 2.92. The maximum absolute atomic E-state index is 12.7. The van der Waals surface area contributed by atoms with Gasteiger partial charge in [-0.25, -0.2) is 8.42 Å². The third kappa shape index (κ3) is 6.37. The smallest absolute Gasteiger partial charge is 0.261 e. The molecule has 1 heterocycles. The van der Waals surface area contributed by atoms with Gasteiger partial charge in [-0.3, -0.25) is 9.10 Å². The summed E-state index contributed by atoms with van der Waals surface area (Å²) in [5.41, 5.74) is 1.64. The normalized spacial score (nSPS) is 16.3. The average molecular weight is 447 g/mol. The van der Waals surface area contributed by atoms with Gasteiger partial charge >= 0.3 is 0 Å². The summed E-state index contributed by atoms with van der Waals surface area (Å²) >= 11 is 0. The molecule has 1 aliphatic rings. The van der Waals surface area contributed by atoms with Gasteiger partial charge in [0.15, 0.2) is 6.10 Å². The van der Waals surface area contributed by atoms with Gasteiger partial charge in [-0.15, -0.1) is 0 Å². The van der Waals surface area contributed by atoms with Crippen molar-refractivity contribution in [2.45, 2.75) is 45.3 Å². The first-order valence-electron chi connectivity index (χ1n) is 10.5. The molecule has 7 nitrogen and oxygen atoms in total. The van der Waals surface area contributed by atoms with Crippen molar-refractivity contribution < 1.29 is 22.7 Å². The molecule has 0 aromatic heterocycles. The Morgan fingerprint density at radius 2 is 1.90 bits per heavy atom. The Hall–Kier alpha value is -2.74. The first kappa shape index (κ1) is 22.9. The number of aryl methyl sites for hydroxylation is 1. The highest BCUT2D eigenvalue weighted by Crippen LogP contribution is 2.33. The molecule has 8 heteroatoms. The van der Waals surface area contributed by atoms with Gasteiger partial charge in [0.2, 0.25) is 10.0 Å². The quantitative estimate of drug-likeness (QED) is 0.630. The average Bonchev–Trinajstić information content (AvgIpc) is 2.91. The second-order valence-electron chi connectivity index (χ2n) is 7.90. The number of sulfonamides is 1. The van der Waals surface area contributed by atoms with Gasteiger partial charge in [0, 0.05) is 19.5 Å². The largest absolute Gasteiger partial charge is 0.491 e. The molecule has 2 aromatic carbocycles. The Balaban J connectivity index is 1.52. The van der Waals surface area contributed by atoms with Gasteiger partial charge in [0.1, 0.15) is 11.5 Å². The summed E-state index contributed by atoms with van der Waals surface area (Å²) < 4.78 is 37.1. The summed E-state index contributed by atoms with van der Waals surface area (Å²) in [7, 11) is -3.46. The third-order valence-corrected chi connectivity index (χ3v) is 6.11. The van der Waals surface area contributed by atoms with E-state index in [2.05, 4.69) is 5.32 Å². The molecule has 0 radical (unpaired) electrons. The van der Waals surface area contributed by atoms with E-state index in [-0.39, 0.29) is 25.0 Å². The fraction of sp³-hybridized carbons (Fsp3) is 0.435. The van der Waals surface area contributed by atoms with Gasteiger partial charge < -0.3 is 14.8 Å². The van der Waals surface area contributed by atoms with Crippen molar-refractivity contribution in [3.8, 4) is 11.5 Å². The molecule has 0 aliphatic carbocycles. The lowest BCUT2D eigenvalue weighted by Gasteiger charge is -2.20. The molecule has 0 spiro atoms. The molecule has 0 bridgehead atoms. The number of fused-ring (bicyclic) bond motifs is 1. The van der Waals surface area contributed by atoms with Crippen molar-refractivity contribution in [2.75, 3.05) is 23.7 Å². The van der Waals surface area contributed by atoms with E-state index in [0.717, 1.165) is 24.8 Å². The minimum Gasteiger partial charge on any atom is -0.491 e. The van der Waals surface area contributed by atoms with Gasteiger partial charge in [0.25, 0.3) is 5.91 Å². The summed E-state index contributed by atoms with van der Waals surface area (Å²) in [5.74, 6) is 1.01. The molecule has 1 atom stereocenters. The number of anilines is 1. The highest BCUT2D eigenvalue weighted by Gasteiger charge is 2.30. The van der Waals surface area contributed by atoms with Crippen molar-refractivity contribution in [3.63, 3.8) is 0 Å². The first-order valence-corrected chi connectivity index (χ1v) is 12.4. The SMILES string of the molecule is CC(C)Oc1ccc(CCCNC(=O)C2CCN(S(C)(=O)=O)c3ccccc3O2)cc1. The lowest BCUT2D eigenvalue weighted by molar-refractivity contribution is -0.128. The number of amides is 1. The van der Waals surface area contributed by atoms with Crippen molar-refractivity contribution >= 4 is 21.6 Å². The molecular formula is C23H30N2O5S. The monoisotopic (exact) mass is 446 g/mol. The van der Waals surface area contributed by atoms with Crippen molar-refractivity contribution in [1.82, 2.24) is 5.32 Å². The van der Waals surface area contributed by atoms with Gasteiger partial charge in [-0.05, 0) is 56.5 Å². The van der Waals surface area contributed by atoms with E-state index in [1.807, 2.05) is 38.1 Å². The van der Waals surface area contributed by atoms with Crippen molar-refractivity contribution in [1.29, 1.82) is 0 Å². The van der Waals surface area contributed by atoms with Gasteiger partial charge in [0.05, 0.1) is 18.0 Å². The highest BCUT2D eigenvalue weighted by molar-refractivity contribution is 7.92. The lowest BCUT2D eigenvalue weighted by atomic mass is 10.1. The number of nitrogens with zero attached hydrogens (tertiary/aromatic N) is 1. The molecule has 2 aromatic rings. The first-order chi connectivity index (χ1) is 14.7. The predicted octanol–water partition coefficient (Wildman–Crippen LogP) is 3.14. The molecule has 1 amide bonds. The molecule has 0 saturated heterocycles. The number of benzene rings is 2. The van der Waals surface area contributed by atoms with Crippen LogP contribution in [0.2, 0.25) is 0 Å². The number of para-hydroxylation sites is 2. The number of hydrogen-bond donors (Lipinski definition) is 1. The number of rotatable bonds is 8. The van der Waals surface area contributed by atoms with E-state index in [4.69, 9.17) is 9.47 Å². The number of hydrogen-bond acceptors (Lipinski definition) is 5. The summed E-state index contributed by atoms with van der Waals surface area (Å²) in [6.07, 6.45) is 2.47. The second kappa shape index (κ2) is 10.0. The second-order valence-corrected chi connectivity index (χ2v) is 9.81. The molecule has 1 aliphatic heterocycles. The fourth-order valence-electron chi connectivity index (χ4n) is 3.48. The standard InChI is InChI=1S/C23H30N2O5S/c1-17(2)29-19-12-10-18(11-13-19)7-6-15-24-23(26)22-14-16-25(31(3,27)28)20-8-4-5-9-21(20)30-22/h4-5,8-13,17,22H,6-7,14-16H2,1-3H3,(H,24,26). The molecule has 1 unspecified atom stereocenters. The van der Waals surface area contributed by atoms with Crippen molar-refractivity contribution in [2.24, 2.45) is 0 Å². The molecule has 31 heavy (non-hydrogen) atoms. The van der Waals surface area contributed by atoms with Crippen LogP contribution < -0.4 is 19.1 Å². The third-order valence-electron chi connectivity index (χ3n) is 4.93. The van der Waals surface area contributed by atoms with E-state index < -0.39 is 16.1 Å². The summed E-state index contributed by atoms with van der Waals surface area (Å²) in [6, 6.07) is 14.9. The fourth-order valence-corrected chi connectivity index (χ4v) is 4.43. The molecule has 1 N–H and O–H groups in total. The lowest BCUT2D eigenvalue weighted by Crippen LogP contribution is -2.40. The van der Waals surface area contributed by atoms with Crippen LogP contribution in [0.1, 0.15) is 32.3 Å². The molecule has 0 saturated carbocycles. The Labute approximate surface area is 184 Å². The summed E-state index contributed by atoms with van der Waals surface area (Å²) in [4.78, 5) is 12.7. The van der Waals surface area contributed by atoms with Crippen LogP contribution >= 0.6 is 0 Å². The molecule has 168 valence electrons. The van der Waals surface area contributed by atoms with Crippen LogP contribution in [0.25, 0.3) is 0 Å². The Kier molecular flexibility index (Phi) is 7.43. The topological polar surface area (TPSA) is 84.9 Å². The van der Waals surface area contributed by atoms with E-state index in [1.54, 1.807) is 24.3 Å². The van der Waals surface area contributed by atoms with Crippen molar-refractivity contribution in [3.05, 3.63) is 54.1 Å². The van der Waals surface area contributed by atoms with Crippen LogP contribution in [0.15, 0.2) is 48.5 Å². The van der Waals surface area contributed by atoms with Crippen LogP contribution in [0.5, 0.6) is 11.5 Å². The van der Waals surface area contributed by atoms with E-state index in [9.17, 15) is 13.2 Å². The zero-order chi connectivity index (χ0) is 22.4. The van der Waals surface area contributed by atoms with E-state index >= 15 is 0 Å². The number of nitrogens with one attached hydrogen (secondary N) is 1. The highest BCUT2D eigenvalue weighted by atomic mass is 32.2. The Bertz CT molecular complexity index is 989. The Morgan fingerprint density at radius 1 is 1.19 bits per heavy atom. The summed E-state index contributed by atoms with van der Waals surface area (Å²) in [6.45, 7) is 4.69. The van der Waals surface area contributed by atoms with E-state index in [1.165, 1.54) is 9.87 Å². The van der Waals surface area contributed by atoms with E-state index in [0.29, 0.717) is 18.0 Å². The molecule has 3 rings (SSSR count). The molecular weight excluding hydrogens is 416 g/mol. The van der Waals surface area contributed by atoms with Crippen LogP contribution in [0, 0.1) is 0 Å². The van der Waals surface area contributed by atoms with Crippen LogP contribution in [-0.4, -0.2) is 45.9 Å². The minimum atomic E-state index is -3.46. The van der Waals surface area contributed by atoms with Crippen LogP contribution in [-0.2, 0) is 21.2 Å². The molecule has 0 fully saturated rings. The van der Waals surface area contributed by atoms with Crippen LogP contribution in [0.3, 0.4) is 0 Å². The predicted molar refractivity (Wildman–Crippen MR) is 121 cm³/mol. The van der Waals surface area contributed by atoms with Gasteiger partial charge in [-0.1, -0.05) is 24.3 Å². The van der Waals surface area contributed by atoms with Crippen LogP contribution in [0.4, 0.5) is 5.69 Å². The number of carbonyl (C=O) groups excluding carboxylic acids is 1. The zero-order valence-corrected chi connectivity index (χ0v) is 19.0. The number of carbonyl (C=O) groups is 1. The minimum absolute atomic E-state index is 0.142. The van der Waals surface area contributed by atoms with Gasteiger partial charge in [-0.2, -0.15) is 0 Å². The zero-order valence-electron chi connectivity index (χ0n) is 18.2. The number of ether oxygens (including phenoxy) is 2. The Morgan fingerprint density at radius 3 is 2.58 bits per heavy atom. The maximum atomic E-state index is 12.7.